The number of fused-ring (bicyclic) bond motifs is 1. The summed E-state index contributed by atoms with van der Waals surface area (Å²) in [5.74, 6) is 2.20. The predicted octanol–water partition coefficient (Wildman–Crippen LogP) is 3.89. The summed E-state index contributed by atoms with van der Waals surface area (Å²) in [6, 6.07) is 8.05. The summed E-state index contributed by atoms with van der Waals surface area (Å²) in [7, 11) is 0. The van der Waals surface area contributed by atoms with Gasteiger partial charge in [-0.05, 0) is 44.9 Å². The number of hydrogen-bond donors (Lipinski definition) is 0. The molecule has 4 heterocycles. The van der Waals surface area contributed by atoms with Crippen molar-refractivity contribution in [3.05, 3.63) is 57.5 Å². The Bertz CT molecular complexity index is 1270. The molecule has 0 spiro atoms. The normalized spacial score (nSPS) is 17.1. The number of aryl methyl sites for hydroxylation is 2. The quantitative estimate of drug-likeness (QED) is 0.441. The molecule has 0 radical (unpaired) electrons. The number of anilines is 2. The number of rotatable bonds is 4. The van der Waals surface area contributed by atoms with Gasteiger partial charge in [-0.2, -0.15) is 5.26 Å². The second-order valence-electron chi connectivity index (χ2n) is 8.92. The topological polar surface area (TPSA) is 112 Å². The lowest BCUT2D eigenvalue weighted by atomic mass is 9.94. The van der Waals surface area contributed by atoms with Crippen LogP contribution in [0, 0.1) is 41.2 Å². The van der Waals surface area contributed by atoms with E-state index in [2.05, 4.69) is 25.8 Å². The fourth-order valence-electron chi connectivity index (χ4n) is 4.98. The third-order valence-electron chi connectivity index (χ3n) is 6.85. The Morgan fingerprint density at radius 1 is 1.12 bits per heavy atom. The molecule has 9 nitrogen and oxygen atoms in total. The van der Waals surface area contributed by atoms with Crippen LogP contribution in [-0.2, 0) is 0 Å². The van der Waals surface area contributed by atoms with Gasteiger partial charge < -0.3 is 9.80 Å². The Hall–Kier alpha value is -3.80. The zero-order valence-corrected chi connectivity index (χ0v) is 18.7. The second-order valence-corrected chi connectivity index (χ2v) is 8.92. The van der Waals surface area contributed by atoms with Crippen LogP contribution in [0.15, 0.2) is 30.6 Å². The number of nitrogens with zero attached hydrogens (tertiary/aromatic N) is 7. The van der Waals surface area contributed by atoms with Gasteiger partial charge in [0, 0.05) is 66.9 Å². The van der Waals surface area contributed by atoms with Crippen molar-refractivity contribution in [2.75, 3.05) is 36.0 Å². The highest BCUT2D eigenvalue weighted by molar-refractivity contribution is 5.88. The Labute approximate surface area is 191 Å². The van der Waals surface area contributed by atoms with Crippen LogP contribution in [0.5, 0.6) is 0 Å². The average Bonchev–Trinajstić information content (AvgIpc) is 2.78. The summed E-state index contributed by atoms with van der Waals surface area (Å²) in [6.07, 6.45) is 5.21. The van der Waals surface area contributed by atoms with Crippen molar-refractivity contribution in [3.63, 3.8) is 0 Å². The SMILES string of the molecule is Cc1cc2nc(N3CC(c4nccnc4N4CCC(C#N)CC4)C3)ccc2c(C)c1[N+](=O)[O-]. The van der Waals surface area contributed by atoms with Crippen molar-refractivity contribution in [1.29, 1.82) is 5.26 Å². The van der Waals surface area contributed by atoms with E-state index < -0.39 is 0 Å². The lowest BCUT2D eigenvalue weighted by Crippen LogP contribution is -2.47. The van der Waals surface area contributed by atoms with Crippen molar-refractivity contribution in [2.24, 2.45) is 5.92 Å². The third kappa shape index (κ3) is 3.71. The van der Waals surface area contributed by atoms with Crippen molar-refractivity contribution >= 4 is 28.2 Å². The molecule has 33 heavy (non-hydrogen) atoms. The molecule has 2 aliphatic heterocycles. The van der Waals surface area contributed by atoms with E-state index in [9.17, 15) is 15.4 Å². The maximum atomic E-state index is 11.4. The van der Waals surface area contributed by atoms with Crippen LogP contribution in [0.1, 0.15) is 35.6 Å². The first-order valence-corrected chi connectivity index (χ1v) is 11.2. The molecule has 2 saturated heterocycles. The highest BCUT2D eigenvalue weighted by Gasteiger charge is 2.34. The van der Waals surface area contributed by atoms with E-state index in [0.717, 1.165) is 67.3 Å². The molecule has 0 bridgehead atoms. The largest absolute Gasteiger partial charge is 0.355 e. The Balaban J connectivity index is 1.35. The lowest BCUT2D eigenvalue weighted by molar-refractivity contribution is -0.385. The Morgan fingerprint density at radius 3 is 2.55 bits per heavy atom. The summed E-state index contributed by atoms with van der Waals surface area (Å²) in [4.78, 5) is 29.6. The molecule has 0 N–H and O–H groups in total. The maximum absolute atomic E-state index is 11.4. The first-order chi connectivity index (χ1) is 16.0. The van der Waals surface area contributed by atoms with Crippen LogP contribution < -0.4 is 9.80 Å². The van der Waals surface area contributed by atoms with Crippen molar-refractivity contribution in [3.8, 4) is 6.07 Å². The number of pyridine rings is 1. The molecular formula is C24H25N7O2. The minimum absolute atomic E-state index is 0.133. The molecule has 0 atom stereocenters. The van der Waals surface area contributed by atoms with Gasteiger partial charge in [0.15, 0.2) is 5.82 Å². The molecule has 168 valence electrons. The van der Waals surface area contributed by atoms with Gasteiger partial charge in [-0.15, -0.1) is 0 Å². The molecule has 1 aromatic carbocycles. The van der Waals surface area contributed by atoms with Crippen LogP contribution in [0.3, 0.4) is 0 Å². The van der Waals surface area contributed by atoms with Gasteiger partial charge in [0.05, 0.1) is 22.2 Å². The Morgan fingerprint density at radius 2 is 1.85 bits per heavy atom. The number of nitriles is 1. The zero-order chi connectivity index (χ0) is 23.1. The van der Waals surface area contributed by atoms with Crippen LogP contribution in [0.2, 0.25) is 0 Å². The average molecular weight is 444 g/mol. The van der Waals surface area contributed by atoms with Gasteiger partial charge in [-0.1, -0.05) is 0 Å². The lowest BCUT2D eigenvalue weighted by Gasteiger charge is -2.41. The van der Waals surface area contributed by atoms with Gasteiger partial charge in [-0.25, -0.2) is 9.97 Å². The van der Waals surface area contributed by atoms with Crippen LogP contribution in [0.25, 0.3) is 10.9 Å². The predicted molar refractivity (Wildman–Crippen MR) is 125 cm³/mol. The molecule has 9 heteroatoms. The number of nitro benzene ring substituents is 1. The van der Waals surface area contributed by atoms with Gasteiger partial charge in [0.25, 0.3) is 5.69 Å². The van der Waals surface area contributed by atoms with Crippen LogP contribution in [0.4, 0.5) is 17.3 Å². The first kappa shape index (κ1) is 21.1. The highest BCUT2D eigenvalue weighted by Crippen LogP contribution is 2.36. The minimum atomic E-state index is -0.320. The van der Waals surface area contributed by atoms with E-state index in [1.165, 1.54) is 0 Å². The third-order valence-corrected chi connectivity index (χ3v) is 6.85. The molecule has 0 unspecified atom stereocenters. The smallest absolute Gasteiger partial charge is 0.275 e. The van der Waals surface area contributed by atoms with Crippen molar-refractivity contribution in [2.45, 2.75) is 32.6 Å². The number of nitro groups is 1. The zero-order valence-electron chi connectivity index (χ0n) is 18.7. The molecule has 2 aliphatic rings. The van der Waals surface area contributed by atoms with Crippen molar-refractivity contribution in [1.82, 2.24) is 15.0 Å². The minimum Gasteiger partial charge on any atom is -0.355 e. The van der Waals surface area contributed by atoms with E-state index in [0.29, 0.717) is 11.1 Å². The molecule has 2 fully saturated rings. The second kappa shape index (κ2) is 8.28. The molecule has 0 saturated carbocycles. The molecule has 2 aromatic heterocycles. The Kier molecular flexibility index (Phi) is 5.29. The first-order valence-electron chi connectivity index (χ1n) is 11.2. The van der Waals surface area contributed by atoms with E-state index in [1.807, 2.05) is 12.1 Å². The van der Waals surface area contributed by atoms with Gasteiger partial charge in [0.2, 0.25) is 0 Å². The summed E-state index contributed by atoms with van der Waals surface area (Å²) >= 11 is 0. The molecule has 5 rings (SSSR count). The number of benzene rings is 1. The summed E-state index contributed by atoms with van der Waals surface area (Å²) in [6.45, 7) is 6.79. The molecule has 0 aliphatic carbocycles. The number of aromatic nitrogens is 3. The molecule has 3 aromatic rings. The van der Waals surface area contributed by atoms with Gasteiger partial charge >= 0.3 is 0 Å². The monoisotopic (exact) mass is 443 g/mol. The summed E-state index contributed by atoms with van der Waals surface area (Å²) in [5, 5.41) is 21.4. The van der Waals surface area contributed by atoms with Crippen LogP contribution in [-0.4, -0.2) is 46.1 Å². The summed E-state index contributed by atoms with van der Waals surface area (Å²) in [5.41, 5.74) is 3.22. The van der Waals surface area contributed by atoms with E-state index in [4.69, 9.17) is 4.98 Å². The van der Waals surface area contributed by atoms with Gasteiger partial charge in [-0.3, -0.25) is 15.1 Å². The van der Waals surface area contributed by atoms with Crippen LogP contribution >= 0.6 is 0 Å². The number of hydrogen-bond acceptors (Lipinski definition) is 8. The number of piperidine rings is 1. The van der Waals surface area contributed by atoms with E-state index in [1.54, 1.807) is 32.3 Å². The maximum Gasteiger partial charge on any atom is 0.275 e. The fraction of sp³-hybridized carbons (Fsp3) is 0.417. The molecular weight excluding hydrogens is 418 g/mol. The van der Waals surface area contributed by atoms with E-state index in [-0.39, 0.29) is 22.4 Å². The van der Waals surface area contributed by atoms with E-state index >= 15 is 0 Å². The summed E-state index contributed by atoms with van der Waals surface area (Å²) < 4.78 is 0. The standard InChI is InChI=1S/C24H25N7O2/c1-15-11-20-19(16(2)23(15)31(32)33)3-4-21(28-20)30-13-18(14-30)22-24(27-8-7-26-22)29-9-5-17(12-25)6-10-29/h3-4,7-8,11,17-18H,5-6,9-10,13-14H2,1-2H3. The van der Waals surface area contributed by atoms with Gasteiger partial charge in [0.1, 0.15) is 5.82 Å². The van der Waals surface area contributed by atoms with Crippen molar-refractivity contribution < 1.29 is 4.92 Å². The molecule has 0 amide bonds. The highest BCUT2D eigenvalue weighted by atomic mass is 16.6. The fourth-order valence-corrected chi connectivity index (χ4v) is 4.98.